The summed E-state index contributed by atoms with van der Waals surface area (Å²) < 4.78 is 13.5. The lowest BCUT2D eigenvalue weighted by molar-refractivity contribution is 0.0690. The molecule has 0 aromatic heterocycles. The molecule has 146 valence electrons. The summed E-state index contributed by atoms with van der Waals surface area (Å²) in [5, 5.41) is 3.36. The fourth-order valence-electron chi connectivity index (χ4n) is 3.44. The topological polar surface area (TPSA) is 47.6 Å². The molecule has 0 bridgehead atoms. The van der Waals surface area contributed by atoms with Crippen LogP contribution in [0.3, 0.4) is 0 Å². The quantitative estimate of drug-likeness (QED) is 0.340. The van der Waals surface area contributed by atoms with Gasteiger partial charge in [0.25, 0.3) is 5.91 Å². The lowest BCUT2D eigenvalue weighted by atomic mass is 10.1. The Balaban J connectivity index is 2.04. The monoisotopic (exact) mass is 509 g/mol. The Morgan fingerprint density at radius 1 is 1.27 bits per heavy atom. The number of benzene rings is 1. The summed E-state index contributed by atoms with van der Waals surface area (Å²) in [6.07, 6.45) is 0.795. The van der Waals surface area contributed by atoms with Gasteiger partial charge in [0.15, 0.2) is 8.32 Å². The molecule has 0 radical (unpaired) electrons. The summed E-state index contributed by atoms with van der Waals surface area (Å²) in [6, 6.07) is 5.27. The molecule has 7 heteroatoms. The van der Waals surface area contributed by atoms with E-state index in [2.05, 4.69) is 62.5 Å². The Bertz CT molecular complexity index is 669. The van der Waals surface area contributed by atoms with Crippen molar-refractivity contribution in [2.45, 2.75) is 71.3 Å². The molecule has 1 aromatic rings. The largest absolute Gasteiger partial charge is 0.492 e. The van der Waals surface area contributed by atoms with E-state index in [-0.39, 0.29) is 11.5 Å². The third-order valence-corrected chi connectivity index (χ3v) is 11.4. The Morgan fingerprint density at radius 3 is 2.46 bits per heavy atom. The number of fused-ring (bicyclic) bond motifs is 1. The molecule has 1 heterocycles. The highest BCUT2D eigenvalue weighted by Gasteiger charge is 2.35. The number of hydrogen-bond acceptors (Lipinski definition) is 3. The van der Waals surface area contributed by atoms with Crippen molar-refractivity contribution in [1.29, 1.82) is 0 Å². The SMILES string of the molecule is CC[Si](CC)(CC)OC(C)(C)CCOc1cc(I)c2c(c1Cl)CNC2=O. The number of amides is 1. The molecule has 1 aliphatic heterocycles. The van der Waals surface area contributed by atoms with E-state index in [0.717, 1.165) is 33.7 Å². The molecule has 26 heavy (non-hydrogen) atoms. The summed E-state index contributed by atoms with van der Waals surface area (Å²) in [6.45, 7) is 12.0. The number of halogens is 2. The lowest BCUT2D eigenvalue weighted by Crippen LogP contribution is -2.44. The summed E-state index contributed by atoms with van der Waals surface area (Å²) in [5.74, 6) is 0.583. The van der Waals surface area contributed by atoms with Gasteiger partial charge < -0.3 is 14.5 Å². The molecule has 2 rings (SSSR count). The molecule has 0 unspecified atom stereocenters. The van der Waals surface area contributed by atoms with Crippen LogP contribution < -0.4 is 10.1 Å². The van der Waals surface area contributed by atoms with Crippen molar-refractivity contribution in [3.05, 3.63) is 25.8 Å². The van der Waals surface area contributed by atoms with Crippen molar-refractivity contribution >= 4 is 48.4 Å². The van der Waals surface area contributed by atoms with Crippen LogP contribution in [0.15, 0.2) is 6.07 Å². The molecule has 1 aliphatic rings. The second kappa shape index (κ2) is 8.79. The number of carbonyl (C=O) groups excluding carboxylic acids is 1. The van der Waals surface area contributed by atoms with Crippen LogP contribution in [-0.2, 0) is 11.0 Å². The van der Waals surface area contributed by atoms with Crippen molar-refractivity contribution in [1.82, 2.24) is 5.32 Å². The van der Waals surface area contributed by atoms with Gasteiger partial charge in [-0.3, -0.25) is 4.79 Å². The highest BCUT2D eigenvalue weighted by molar-refractivity contribution is 14.1. The van der Waals surface area contributed by atoms with Gasteiger partial charge in [0, 0.05) is 22.1 Å². The van der Waals surface area contributed by atoms with Gasteiger partial charge in [-0.25, -0.2) is 0 Å². The summed E-state index contributed by atoms with van der Waals surface area (Å²) in [5.41, 5.74) is 1.29. The van der Waals surface area contributed by atoms with Crippen LogP contribution in [0.1, 0.15) is 57.0 Å². The zero-order chi connectivity index (χ0) is 19.5. The van der Waals surface area contributed by atoms with Crippen molar-refractivity contribution in [2.75, 3.05) is 6.61 Å². The average molecular weight is 510 g/mol. The third-order valence-electron chi connectivity index (χ3n) is 5.32. The standard InChI is InChI=1S/C19H29ClINO3Si/c1-6-26(7-2,8-3)25-19(4,5)9-10-24-15-11-14(21)16-13(17(15)20)12-22-18(16)23/h11H,6-10,12H2,1-5H3,(H,22,23). The van der Waals surface area contributed by atoms with Crippen LogP contribution in [0.25, 0.3) is 0 Å². The molecule has 4 nitrogen and oxygen atoms in total. The second-order valence-corrected chi connectivity index (χ2v) is 13.6. The Hall–Kier alpha value is -0.313. The predicted molar refractivity (Wildman–Crippen MR) is 118 cm³/mol. The highest BCUT2D eigenvalue weighted by Crippen LogP contribution is 2.37. The van der Waals surface area contributed by atoms with Gasteiger partial charge in [-0.05, 0) is 60.6 Å². The molecule has 0 spiro atoms. The minimum Gasteiger partial charge on any atom is -0.492 e. The van der Waals surface area contributed by atoms with E-state index in [0.29, 0.717) is 29.5 Å². The van der Waals surface area contributed by atoms with E-state index >= 15 is 0 Å². The first-order chi connectivity index (χ1) is 12.2. The molecule has 0 aliphatic carbocycles. The maximum atomic E-state index is 11.9. The normalized spacial score (nSPS) is 14.3. The Kier molecular flexibility index (Phi) is 7.43. The van der Waals surface area contributed by atoms with Crippen LogP contribution in [0, 0.1) is 3.57 Å². The van der Waals surface area contributed by atoms with Crippen LogP contribution >= 0.6 is 34.2 Å². The molecule has 0 saturated carbocycles. The second-order valence-electron chi connectivity index (χ2n) is 7.41. The van der Waals surface area contributed by atoms with Crippen molar-refractivity contribution in [3.8, 4) is 5.75 Å². The fourth-order valence-corrected chi connectivity index (χ4v) is 7.77. The zero-order valence-corrected chi connectivity index (χ0v) is 20.2. The van der Waals surface area contributed by atoms with E-state index in [4.69, 9.17) is 20.8 Å². The van der Waals surface area contributed by atoms with Crippen molar-refractivity contribution in [2.24, 2.45) is 0 Å². The molecule has 0 saturated heterocycles. The van der Waals surface area contributed by atoms with Gasteiger partial charge in [0.1, 0.15) is 5.75 Å². The summed E-state index contributed by atoms with van der Waals surface area (Å²) >= 11 is 8.64. The van der Waals surface area contributed by atoms with E-state index in [1.54, 1.807) is 0 Å². The van der Waals surface area contributed by atoms with Crippen molar-refractivity contribution in [3.63, 3.8) is 0 Å². The zero-order valence-electron chi connectivity index (χ0n) is 16.3. The van der Waals surface area contributed by atoms with Gasteiger partial charge >= 0.3 is 0 Å². The van der Waals surface area contributed by atoms with Crippen molar-refractivity contribution < 1.29 is 14.0 Å². The summed E-state index contributed by atoms with van der Waals surface area (Å²) in [7, 11) is -1.65. The number of hydrogen-bond donors (Lipinski definition) is 1. The van der Waals surface area contributed by atoms with Gasteiger partial charge in [-0.15, -0.1) is 0 Å². The van der Waals surface area contributed by atoms with Crippen LogP contribution in [-0.4, -0.2) is 26.4 Å². The first-order valence-electron chi connectivity index (χ1n) is 9.30. The molecule has 1 N–H and O–H groups in total. The summed E-state index contributed by atoms with van der Waals surface area (Å²) in [4.78, 5) is 11.9. The maximum Gasteiger partial charge on any atom is 0.253 e. The molecular weight excluding hydrogens is 481 g/mol. The van der Waals surface area contributed by atoms with Crippen LogP contribution in [0.2, 0.25) is 23.2 Å². The maximum absolute atomic E-state index is 11.9. The molecule has 0 fully saturated rings. The van der Waals surface area contributed by atoms with E-state index < -0.39 is 8.32 Å². The van der Waals surface area contributed by atoms with Gasteiger partial charge in [0.2, 0.25) is 0 Å². The minimum absolute atomic E-state index is 0.0626. The molecular formula is C19H29ClINO3Si. The molecule has 1 aromatic carbocycles. The van der Waals surface area contributed by atoms with Crippen LogP contribution in [0.4, 0.5) is 0 Å². The first-order valence-corrected chi connectivity index (χ1v) is 13.3. The Morgan fingerprint density at radius 2 is 1.88 bits per heavy atom. The number of rotatable bonds is 9. The van der Waals surface area contributed by atoms with E-state index in [1.807, 2.05) is 6.07 Å². The lowest BCUT2D eigenvalue weighted by Gasteiger charge is -2.38. The number of ether oxygens (including phenoxy) is 1. The third kappa shape index (κ3) is 4.75. The average Bonchev–Trinajstić information content (AvgIpc) is 2.99. The smallest absolute Gasteiger partial charge is 0.253 e. The fraction of sp³-hybridized carbons (Fsp3) is 0.632. The van der Waals surface area contributed by atoms with Gasteiger partial charge in [-0.2, -0.15) is 0 Å². The Labute approximate surface area is 176 Å². The highest BCUT2D eigenvalue weighted by atomic mass is 127. The number of nitrogens with one attached hydrogen (secondary N) is 1. The first kappa shape index (κ1) is 22.0. The predicted octanol–water partition coefficient (Wildman–Crippen LogP) is 5.76. The van der Waals surface area contributed by atoms with E-state index in [1.165, 1.54) is 0 Å². The number of carbonyl (C=O) groups is 1. The molecule has 0 atom stereocenters. The molecule has 1 amide bonds. The minimum atomic E-state index is -1.65. The van der Waals surface area contributed by atoms with E-state index in [9.17, 15) is 4.79 Å². The van der Waals surface area contributed by atoms with Crippen LogP contribution in [0.5, 0.6) is 5.75 Å². The van der Waals surface area contributed by atoms with Gasteiger partial charge in [-0.1, -0.05) is 32.4 Å². The van der Waals surface area contributed by atoms with Gasteiger partial charge in [0.05, 0.1) is 22.8 Å².